The summed E-state index contributed by atoms with van der Waals surface area (Å²) in [7, 11) is 1.95. The van der Waals surface area contributed by atoms with E-state index in [0.29, 0.717) is 61.8 Å². The van der Waals surface area contributed by atoms with Gasteiger partial charge in [0.15, 0.2) is 0 Å². The van der Waals surface area contributed by atoms with Gasteiger partial charge in [-0.25, -0.2) is 0 Å². The molecule has 2 heterocycles. The number of pyridine rings is 1. The summed E-state index contributed by atoms with van der Waals surface area (Å²) in [6.45, 7) is 2.08. The van der Waals surface area contributed by atoms with E-state index in [4.69, 9.17) is 16.3 Å². The molecular formula is C32H38ClN5O4. The van der Waals surface area contributed by atoms with Crippen LogP contribution < -0.4 is 15.4 Å². The van der Waals surface area contributed by atoms with Crippen molar-refractivity contribution >= 4 is 29.3 Å². The first-order valence-electron chi connectivity index (χ1n) is 14.3. The standard InChI is InChI=1S/C32H38ClN5O4/c1-37(21-26-11-5-6-15-34-26)18-14-31(40)38-17-8-7-16-35-32(41)28-20-25(33)12-13-29(28)42-23-27(36-30(39)22-38)19-24-9-3-2-4-10-24/h2-6,9-13,15,20,27H,7-8,14,16-19,21-23H2,1H3,(H,35,41)(H,36,39)/t27-/m1/s1. The predicted molar refractivity (Wildman–Crippen MR) is 162 cm³/mol. The summed E-state index contributed by atoms with van der Waals surface area (Å²) in [5.74, 6) is -0.236. The molecular weight excluding hydrogens is 554 g/mol. The smallest absolute Gasteiger partial charge is 0.255 e. The molecule has 10 heteroatoms. The molecule has 3 aromatic rings. The number of ether oxygens (including phenoxy) is 1. The number of hydrogen-bond donors (Lipinski definition) is 2. The van der Waals surface area contributed by atoms with Crippen molar-refractivity contribution in [3.8, 4) is 5.75 Å². The van der Waals surface area contributed by atoms with Crippen molar-refractivity contribution in [2.75, 3.05) is 39.8 Å². The van der Waals surface area contributed by atoms with Gasteiger partial charge in [0, 0.05) is 43.8 Å². The second kappa shape index (κ2) is 15.9. The molecule has 1 aliphatic heterocycles. The molecule has 0 fully saturated rings. The van der Waals surface area contributed by atoms with Gasteiger partial charge >= 0.3 is 0 Å². The number of hydrogen-bond acceptors (Lipinski definition) is 6. The summed E-state index contributed by atoms with van der Waals surface area (Å²) < 4.78 is 6.08. The number of carbonyl (C=O) groups is 3. The SMILES string of the molecule is CN(CCC(=O)N1CCCCNC(=O)c2cc(Cl)ccc2OC[C@@H](Cc2ccccc2)NC(=O)C1)Cc1ccccn1. The van der Waals surface area contributed by atoms with Gasteiger partial charge in [-0.3, -0.25) is 19.4 Å². The van der Waals surface area contributed by atoms with Gasteiger partial charge in [-0.2, -0.15) is 0 Å². The zero-order valence-corrected chi connectivity index (χ0v) is 24.7. The van der Waals surface area contributed by atoms with Crippen LogP contribution in [0.2, 0.25) is 5.02 Å². The van der Waals surface area contributed by atoms with E-state index in [0.717, 1.165) is 11.3 Å². The van der Waals surface area contributed by atoms with Crippen LogP contribution in [0.3, 0.4) is 0 Å². The van der Waals surface area contributed by atoms with Crippen LogP contribution in [0.25, 0.3) is 0 Å². The monoisotopic (exact) mass is 591 g/mol. The van der Waals surface area contributed by atoms with Crippen molar-refractivity contribution in [2.24, 2.45) is 0 Å². The Kier molecular flexibility index (Phi) is 11.7. The lowest BCUT2D eigenvalue weighted by Gasteiger charge is -2.26. The summed E-state index contributed by atoms with van der Waals surface area (Å²) >= 11 is 6.19. The minimum atomic E-state index is -0.391. The molecule has 2 N–H and O–H groups in total. The Labute approximate surface area is 252 Å². The van der Waals surface area contributed by atoms with E-state index in [-0.39, 0.29) is 37.3 Å². The summed E-state index contributed by atoms with van der Waals surface area (Å²) in [4.78, 5) is 47.6. The van der Waals surface area contributed by atoms with E-state index in [1.54, 1.807) is 29.3 Å². The van der Waals surface area contributed by atoms with Crippen LogP contribution in [0.1, 0.15) is 40.9 Å². The van der Waals surface area contributed by atoms with E-state index in [1.165, 1.54) is 0 Å². The van der Waals surface area contributed by atoms with E-state index < -0.39 is 6.04 Å². The normalized spacial score (nSPS) is 16.8. The molecule has 0 bridgehead atoms. The first kappa shape index (κ1) is 31.0. The Bertz CT molecular complexity index is 1320. The molecule has 4 rings (SSSR count). The Morgan fingerprint density at radius 2 is 1.90 bits per heavy atom. The van der Waals surface area contributed by atoms with Gasteiger partial charge in [0.05, 0.1) is 23.8 Å². The molecule has 0 radical (unpaired) electrons. The van der Waals surface area contributed by atoms with Gasteiger partial charge < -0.3 is 25.2 Å². The van der Waals surface area contributed by atoms with Gasteiger partial charge in [-0.1, -0.05) is 48.0 Å². The number of fused-ring (bicyclic) bond motifs is 1. The van der Waals surface area contributed by atoms with Gasteiger partial charge in [-0.15, -0.1) is 0 Å². The lowest BCUT2D eigenvalue weighted by molar-refractivity contribution is -0.136. The quantitative estimate of drug-likeness (QED) is 0.434. The molecule has 42 heavy (non-hydrogen) atoms. The van der Waals surface area contributed by atoms with Gasteiger partial charge in [0.1, 0.15) is 12.4 Å². The molecule has 1 aromatic heterocycles. The maximum Gasteiger partial charge on any atom is 0.255 e. The van der Waals surface area contributed by atoms with Crippen LogP contribution in [0.15, 0.2) is 72.9 Å². The second-order valence-electron chi connectivity index (χ2n) is 10.5. The number of carbonyl (C=O) groups excluding carboxylic acids is 3. The molecule has 0 spiro atoms. The lowest BCUT2D eigenvalue weighted by atomic mass is 10.1. The predicted octanol–water partition coefficient (Wildman–Crippen LogP) is 3.72. The van der Waals surface area contributed by atoms with Gasteiger partial charge in [0.2, 0.25) is 11.8 Å². The molecule has 0 saturated heterocycles. The summed E-state index contributed by atoms with van der Waals surface area (Å²) in [6.07, 6.45) is 3.83. The number of nitrogens with zero attached hydrogens (tertiary/aromatic N) is 3. The molecule has 1 aliphatic rings. The fraction of sp³-hybridized carbons (Fsp3) is 0.375. The summed E-state index contributed by atoms with van der Waals surface area (Å²) in [5, 5.41) is 6.42. The van der Waals surface area contributed by atoms with Crippen LogP contribution in [0.4, 0.5) is 0 Å². The molecule has 0 saturated carbocycles. The maximum atomic E-state index is 13.3. The van der Waals surface area contributed by atoms with E-state index in [1.807, 2.05) is 60.5 Å². The molecule has 0 aliphatic carbocycles. The fourth-order valence-electron chi connectivity index (χ4n) is 4.80. The van der Waals surface area contributed by atoms with Crippen molar-refractivity contribution in [3.63, 3.8) is 0 Å². The van der Waals surface area contributed by atoms with Crippen molar-refractivity contribution < 1.29 is 19.1 Å². The highest BCUT2D eigenvalue weighted by Crippen LogP contribution is 2.23. The van der Waals surface area contributed by atoms with E-state index >= 15 is 0 Å². The topological polar surface area (TPSA) is 104 Å². The Morgan fingerprint density at radius 3 is 2.69 bits per heavy atom. The molecule has 0 unspecified atom stereocenters. The third kappa shape index (κ3) is 9.85. The second-order valence-corrected chi connectivity index (χ2v) is 10.9. The van der Waals surface area contributed by atoms with Crippen LogP contribution >= 0.6 is 11.6 Å². The van der Waals surface area contributed by atoms with Crippen molar-refractivity contribution in [2.45, 2.75) is 38.3 Å². The number of amides is 3. The minimum absolute atomic E-state index is 0.0490. The van der Waals surface area contributed by atoms with Gasteiger partial charge in [-0.05, 0) is 62.2 Å². The van der Waals surface area contributed by atoms with Crippen LogP contribution in [-0.2, 0) is 22.6 Å². The zero-order chi connectivity index (χ0) is 29.7. The Morgan fingerprint density at radius 1 is 1.10 bits per heavy atom. The average Bonchev–Trinajstić information content (AvgIpc) is 2.99. The highest BCUT2D eigenvalue weighted by molar-refractivity contribution is 6.31. The van der Waals surface area contributed by atoms with Gasteiger partial charge in [0.25, 0.3) is 5.91 Å². The lowest BCUT2D eigenvalue weighted by Crippen LogP contribution is -2.47. The van der Waals surface area contributed by atoms with Crippen LogP contribution in [0.5, 0.6) is 5.75 Å². The van der Waals surface area contributed by atoms with E-state index in [2.05, 4.69) is 15.6 Å². The number of aromatic nitrogens is 1. The first-order chi connectivity index (χ1) is 20.4. The van der Waals surface area contributed by atoms with E-state index in [9.17, 15) is 14.4 Å². The summed E-state index contributed by atoms with van der Waals surface area (Å²) in [5.41, 5.74) is 2.30. The molecule has 2 aromatic carbocycles. The zero-order valence-electron chi connectivity index (χ0n) is 23.9. The highest BCUT2D eigenvalue weighted by atomic mass is 35.5. The number of benzene rings is 2. The largest absolute Gasteiger partial charge is 0.491 e. The van der Waals surface area contributed by atoms with Crippen molar-refractivity contribution in [1.29, 1.82) is 0 Å². The van der Waals surface area contributed by atoms with Crippen LogP contribution in [-0.4, -0.2) is 78.4 Å². The fourth-order valence-corrected chi connectivity index (χ4v) is 4.97. The van der Waals surface area contributed by atoms with Crippen LogP contribution in [0, 0.1) is 0 Å². The minimum Gasteiger partial charge on any atom is -0.491 e. The third-order valence-corrected chi connectivity index (χ3v) is 7.24. The molecule has 9 nitrogen and oxygen atoms in total. The highest BCUT2D eigenvalue weighted by Gasteiger charge is 2.22. The molecule has 3 amide bonds. The maximum absolute atomic E-state index is 13.3. The summed E-state index contributed by atoms with van der Waals surface area (Å²) in [6, 6.07) is 20.1. The Balaban J connectivity index is 1.46. The number of rotatable bonds is 7. The Hall–Kier alpha value is -3.95. The molecule has 222 valence electrons. The van der Waals surface area contributed by atoms with Crippen molar-refractivity contribution in [1.82, 2.24) is 25.4 Å². The molecule has 1 atom stereocenters. The number of nitrogens with one attached hydrogen (secondary N) is 2. The first-order valence-corrected chi connectivity index (χ1v) is 14.6. The number of halogens is 1. The average molecular weight is 592 g/mol. The third-order valence-electron chi connectivity index (χ3n) is 7.01. The van der Waals surface area contributed by atoms with Crippen molar-refractivity contribution in [3.05, 3.63) is 94.8 Å².